The Morgan fingerprint density at radius 2 is 2.00 bits per heavy atom. The van der Waals surface area contributed by atoms with Gasteiger partial charge in [0.25, 0.3) is 5.91 Å². The first-order chi connectivity index (χ1) is 15.5. The highest BCUT2D eigenvalue weighted by Gasteiger charge is 2.45. The third kappa shape index (κ3) is 4.39. The van der Waals surface area contributed by atoms with Crippen molar-refractivity contribution in [2.24, 2.45) is 0 Å². The highest BCUT2D eigenvalue weighted by molar-refractivity contribution is 7.14. The maximum absolute atomic E-state index is 13.2. The van der Waals surface area contributed by atoms with Gasteiger partial charge < -0.3 is 15.4 Å². The smallest absolute Gasteiger partial charge is 0.357 e. The molecule has 1 fully saturated rings. The predicted molar refractivity (Wildman–Crippen MR) is 118 cm³/mol. The van der Waals surface area contributed by atoms with Crippen molar-refractivity contribution in [3.05, 3.63) is 69.4 Å². The summed E-state index contributed by atoms with van der Waals surface area (Å²) < 4.78 is 4.63. The Labute approximate surface area is 191 Å². The number of nitrogens with zero attached hydrogens (tertiary/aromatic N) is 2. The fourth-order valence-corrected chi connectivity index (χ4v) is 4.68. The Morgan fingerprint density at radius 3 is 2.69 bits per heavy atom. The van der Waals surface area contributed by atoms with E-state index in [0.717, 1.165) is 21.8 Å². The van der Waals surface area contributed by atoms with Gasteiger partial charge in [0.2, 0.25) is 5.91 Å². The number of thiazole rings is 1. The number of ether oxygens (including phenoxy) is 1. The van der Waals surface area contributed by atoms with E-state index in [1.807, 2.05) is 35.7 Å². The van der Waals surface area contributed by atoms with Crippen LogP contribution in [0.1, 0.15) is 27.7 Å². The highest BCUT2D eigenvalue weighted by atomic mass is 32.1. The van der Waals surface area contributed by atoms with Gasteiger partial charge in [0.15, 0.2) is 10.8 Å². The zero-order valence-corrected chi connectivity index (χ0v) is 18.4. The molecule has 4 rings (SSSR count). The molecule has 2 N–H and O–H groups in total. The molecule has 3 aromatic rings. The van der Waals surface area contributed by atoms with Crippen LogP contribution in [0.5, 0.6) is 0 Å². The van der Waals surface area contributed by atoms with Crippen LogP contribution in [0.4, 0.5) is 9.93 Å². The van der Waals surface area contributed by atoms with Crippen molar-refractivity contribution in [2.75, 3.05) is 12.4 Å². The summed E-state index contributed by atoms with van der Waals surface area (Å²) in [6.45, 7) is 0. The number of carbonyl (C=O) groups excluding carboxylic acids is 4. The fourth-order valence-electron chi connectivity index (χ4n) is 3.31. The molecule has 1 aliphatic heterocycles. The van der Waals surface area contributed by atoms with Gasteiger partial charge >= 0.3 is 12.0 Å². The SMILES string of the molecule is COC(=O)c1csc(NC(=O)[C@H](Cc2ccccc2)N2C(=O)N[C@@H](c3ccsc3)C2=O)n1. The summed E-state index contributed by atoms with van der Waals surface area (Å²) in [5, 5.41) is 10.5. The van der Waals surface area contributed by atoms with Gasteiger partial charge in [-0.2, -0.15) is 11.3 Å². The van der Waals surface area contributed by atoms with Crippen LogP contribution < -0.4 is 10.6 Å². The second-order valence-corrected chi connectivity index (χ2v) is 8.51. The number of imide groups is 1. The Kier molecular flexibility index (Phi) is 6.28. The van der Waals surface area contributed by atoms with Crippen LogP contribution in [0.15, 0.2) is 52.5 Å². The lowest BCUT2D eigenvalue weighted by Crippen LogP contribution is -2.49. The molecule has 1 aromatic carbocycles. The number of hydrogen-bond donors (Lipinski definition) is 2. The van der Waals surface area contributed by atoms with Gasteiger partial charge in [0.05, 0.1) is 7.11 Å². The number of amides is 4. The Balaban J connectivity index is 1.60. The van der Waals surface area contributed by atoms with Crippen LogP contribution in [0.25, 0.3) is 0 Å². The van der Waals surface area contributed by atoms with E-state index >= 15 is 0 Å². The number of anilines is 1. The van der Waals surface area contributed by atoms with Crippen molar-refractivity contribution in [3.8, 4) is 0 Å². The van der Waals surface area contributed by atoms with Gasteiger partial charge in [-0.1, -0.05) is 30.3 Å². The summed E-state index contributed by atoms with van der Waals surface area (Å²) in [7, 11) is 1.23. The van der Waals surface area contributed by atoms with Crippen molar-refractivity contribution in [1.82, 2.24) is 15.2 Å². The molecule has 164 valence electrons. The molecule has 0 radical (unpaired) electrons. The van der Waals surface area contributed by atoms with E-state index in [1.165, 1.54) is 23.8 Å². The minimum absolute atomic E-state index is 0.0555. The molecule has 11 heteroatoms. The van der Waals surface area contributed by atoms with Crippen LogP contribution >= 0.6 is 22.7 Å². The molecule has 1 aliphatic rings. The van der Waals surface area contributed by atoms with Crippen LogP contribution in [0.3, 0.4) is 0 Å². The molecule has 0 unspecified atom stereocenters. The van der Waals surface area contributed by atoms with Crippen molar-refractivity contribution in [3.63, 3.8) is 0 Å². The number of nitrogens with one attached hydrogen (secondary N) is 2. The van der Waals surface area contributed by atoms with Gasteiger partial charge in [-0.3, -0.25) is 9.59 Å². The second-order valence-electron chi connectivity index (χ2n) is 6.87. The molecule has 4 amide bonds. The predicted octanol–water partition coefficient (Wildman–Crippen LogP) is 2.83. The first-order valence-corrected chi connectivity index (χ1v) is 11.3. The standard InChI is InChI=1S/C21H18N4O5S2/c1-30-19(28)14-11-32-20(22-14)24-17(26)15(9-12-5-3-2-4-6-12)25-18(27)16(23-21(25)29)13-7-8-31-10-13/h2-8,10-11,15-16H,9H2,1H3,(H,23,29)(H,22,24,26)/t15-,16-/m0/s1. The third-order valence-electron chi connectivity index (χ3n) is 4.86. The molecule has 0 bridgehead atoms. The van der Waals surface area contributed by atoms with Gasteiger partial charge in [-0.05, 0) is 28.0 Å². The van der Waals surface area contributed by atoms with Crippen LogP contribution in [-0.2, 0) is 20.7 Å². The van der Waals surface area contributed by atoms with Gasteiger partial charge in [0, 0.05) is 11.8 Å². The summed E-state index contributed by atoms with van der Waals surface area (Å²) in [6.07, 6.45) is 0.122. The van der Waals surface area contributed by atoms with Gasteiger partial charge in [0.1, 0.15) is 12.1 Å². The lowest BCUT2D eigenvalue weighted by Gasteiger charge is -2.24. The summed E-state index contributed by atoms with van der Waals surface area (Å²) in [6, 6.07) is 8.25. The van der Waals surface area contributed by atoms with Crippen molar-refractivity contribution in [1.29, 1.82) is 0 Å². The molecule has 0 spiro atoms. The van der Waals surface area contributed by atoms with E-state index < -0.39 is 35.9 Å². The minimum atomic E-state index is -1.11. The fraction of sp³-hybridized carbons (Fsp3) is 0.190. The Bertz CT molecular complexity index is 1150. The number of aromatic nitrogens is 1. The number of urea groups is 1. The quantitative estimate of drug-likeness (QED) is 0.405. The number of benzene rings is 1. The number of carbonyl (C=O) groups is 4. The number of methoxy groups -OCH3 is 1. The Morgan fingerprint density at radius 1 is 1.22 bits per heavy atom. The lowest BCUT2D eigenvalue weighted by atomic mass is 10.0. The zero-order chi connectivity index (χ0) is 22.7. The molecule has 9 nitrogen and oxygen atoms in total. The van der Waals surface area contributed by atoms with Crippen molar-refractivity contribution in [2.45, 2.75) is 18.5 Å². The Hall–Kier alpha value is -3.57. The summed E-state index contributed by atoms with van der Waals surface area (Å²) in [4.78, 5) is 55.7. The zero-order valence-electron chi connectivity index (χ0n) is 16.8. The lowest BCUT2D eigenvalue weighted by molar-refractivity contribution is -0.134. The molecule has 32 heavy (non-hydrogen) atoms. The molecule has 0 aliphatic carbocycles. The number of thiophene rings is 1. The first kappa shape index (κ1) is 21.7. The van der Waals surface area contributed by atoms with Crippen molar-refractivity contribution < 1.29 is 23.9 Å². The topological polar surface area (TPSA) is 118 Å². The summed E-state index contributed by atoms with van der Waals surface area (Å²) >= 11 is 2.45. The van der Waals surface area contributed by atoms with E-state index in [4.69, 9.17) is 0 Å². The second kappa shape index (κ2) is 9.28. The van der Waals surface area contributed by atoms with E-state index in [0.29, 0.717) is 5.56 Å². The molecule has 2 aromatic heterocycles. The number of esters is 1. The highest BCUT2D eigenvalue weighted by Crippen LogP contribution is 2.27. The first-order valence-electron chi connectivity index (χ1n) is 9.52. The average Bonchev–Trinajstić information content (AvgIpc) is 3.54. The molecule has 0 saturated carbocycles. The maximum Gasteiger partial charge on any atom is 0.357 e. The number of hydrogen-bond acceptors (Lipinski definition) is 8. The van der Waals surface area contributed by atoms with Crippen LogP contribution in [-0.4, -0.2) is 46.9 Å². The summed E-state index contributed by atoms with van der Waals surface area (Å²) in [5.41, 5.74) is 1.50. The third-order valence-corrected chi connectivity index (χ3v) is 6.32. The van der Waals surface area contributed by atoms with Gasteiger partial charge in [-0.25, -0.2) is 19.5 Å². The molecular weight excluding hydrogens is 452 g/mol. The van der Waals surface area contributed by atoms with E-state index in [1.54, 1.807) is 11.4 Å². The van der Waals surface area contributed by atoms with Crippen molar-refractivity contribution >= 4 is 51.6 Å². The molecular formula is C21H18N4O5S2. The summed E-state index contributed by atoms with van der Waals surface area (Å²) in [5.74, 6) is -1.72. The molecule has 1 saturated heterocycles. The van der Waals surface area contributed by atoms with E-state index in [9.17, 15) is 19.2 Å². The molecule has 3 heterocycles. The largest absolute Gasteiger partial charge is 0.464 e. The maximum atomic E-state index is 13.2. The van der Waals surface area contributed by atoms with E-state index in [-0.39, 0.29) is 17.2 Å². The van der Waals surface area contributed by atoms with Crippen LogP contribution in [0.2, 0.25) is 0 Å². The normalized spacial score (nSPS) is 16.5. The van der Waals surface area contributed by atoms with Crippen LogP contribution in [0, 0.1) is 0 Å². The monoisotopic (exact) mass is 470 g/mol. The molecule has 2 atom stereocenters. The number of rotatable bonds is 7. The minimum Gasteiger partial charge on any atom is -0.464 e. The van der Waals surface area contributed by atoms with Gasteiger partial charge in [-0.15, -0.1) is 11.3 Å². The average molecular weight is 471 g/mol. The van der Waals surface area contributed by atoms with E-state index in [2.05, 4.69) is 20.4 Å².